The first-order valence-corrected chi connectivity index (χ1v) is 8.11. The Balaban J connectivity index is 1.94. The van der Waals surface area contributed by atoms with Crippen molar-refractivity contribution in [3.63, 3.8) is 0 Å². The minimum Gasteiger partial charge on any atom is -0.357 e. The highest BCUT2D eigenvalue weighted by molar-refractivity contribution is 7.13. The number of nitrogens with zero attached hydrogens (tertiary/aromatic N) is 4. The molecule has 2 N–H and O–H groups in total. The maximum absolute atomic E-state index is 4.56. The van der Waals surface area contributed by atoms with Crippen molar-refractivity contribution in [2.24, 2.45) is 4.99 Å². The first-order valence-electron chi connectivity index (χ1n) is 7.23. The molecule has 2 aromatic rings. The van der Waals surface area contributed by atoms with Crippen molar-refractivity contribution in [2.75, 3.05) is 25.5 Å². The van der Waals surface area contributed by atoms with Gasteiger partial charge in [-0.3, -0.25) is 4.98 Å². The van der Waals surface area contributed by atoms with Crippen molar-refractivity contribution >= 4 is 22.4 Å². The summed E-state index contributed by atoms with van der Waals surface area (Å²) in [6.07, 6.45) is 1.79. The van der Waals surface area contributed by atoms with E-state index in [0.29, 0.717) is 13.1 Å². The summed E-state index contributed by atoms with van der Waals surface area (Å²) in [4.78, 5) is 15.4. The van der Waals surface area contributed by atoms with Crippen LogP contribution in [0.5, 0.6) is 0 Å². The lowest BCUT2D eigenvalue weighted by Crippen LogP contribution is -2.37. The van der Waals surface area contributed by atoms with Crippen LogP contribution in [-0.4, -0.2) is 36.6 Å². The molecule has 0 aliphatic heterocycles. The number of aliphatic imine (C=N–C) groups is 1. The molecule has 118 valence electrons. The molecule has 7 heteroatoms. The van der Waals surface area contributed by atoms with Gasteiger partial charge in [0.15, 0.2) is 11.1 Å². The van der Waals surface area contributed by atoms with Crippen LogP contribution >= 0.6 is 11.3 Å². The molecular formula is C15H22N6S. The van der Waals surface area contributed by atoms with E-state index in [1.807, 2.05) is 49.5 Å². The Morgan fingerprint density at radius 3 is 2.77 bits per heavy atom. The van der Waals surface area contributed by atoms with Crippen LogP contribution in [0.2, 0.25) is 0 Å². The number of pyridine rings is 1. The number of nitrogens with one attached hydrogen (secondary N) is 2. The van der Waals surface area contributed by atoms with Crippen molar-refractivity contribution in [1.29, 1.82) is 0 Å². The van der Waals surface area contributed by atoms with Crippen molar-refractivity contribution in [3.8, 4) is 0 Å². The van der Waals surface area contributed by atoms with Gasteiger partial charge in [0.2, 0.25) is 0 Å². The van der Waals surface area contributed by atoms with Gasteiger partial charge in [-0.2, -0.15) is 0 Å². The molecule has 0 unspecified atom stereocenters. The SMILES string of the molecule is CCNC(=NCc1csc(N(C)C)n1)NCc1ccccn1. The normalized spacial score (nSPS) is 11.3. The predicted octanol–water partition coefficient (Wildman–Crippen LogP) is 1.86. The summed E-state index contributed by atoms with van der Waals surface area (Å²) in [5.41, 5.74) is 1.96. The molecular weight excluding hydrogens is 296 g/mol. The summed E-state index contributed by atoms with van der Waals surface area (Å²) >= 11 is 1.63. The lowest BCUT2D eigenvalue weighted by Gasteiger charge is -2.10. The Bertz CT molecular complexity index is 593. The van der Waals surface area contributed by atoms with E-state index in [0.717, 1.165) is 29.0 Å². The van der Waals surface area contributed by atoms with Crippen LogP contribution in [-0.2, 0) is 13.1 Å². The third-order valence-corrected chi connectivity index (χ3v) is 3.89. The van der Waals surface area contributed by atoms with Gasteiger partial charge in [-0.15, -0.1) is 11.3 Å². The van der Waals surface area contributed by atoms with Crippen LogP contribution in [0, 0.1) is 0 Å². The molecule has 0 bridgehead atoms. The van der Waals surface area contributed by atoms with Crippen LogP contribution < -0.4 is 15.5 Å². The van der Waals surface area contributed by atoms with Gasteiger partial charge >= 0.3 is 0 Å². The fraction of sp³-hybridized carbons (Fsp3) is 0.400. The van der Waals surface area contributed by atoms with Crippen LogP contribution in [0.3, 0.4) is 0 Å². The topological polar surface area (TPSA) is 65.4 Å². The molecule has 0 aromatic carbocycles. The Labute approximate surface area is 135 Å². The first kappa shape index (κ1) is 16.2. The number of aromatic nitrogens is 2. The van der Waals surface area contributed by atoms with E-state index in [2.05, 4.69) is 25.6 Å². The van der Waals surface area contributed by atoms with E-state index in [4.69, 9.17) is 0 Å². The predicted molar refractivity (Wildman–Crippen MR) is 92.3 cm³/mol. The fourth-order valence-electron chi connectivity index (χ4n) is 1.75. The summed E-state index contributed by atoms with van der Waals surface area (Å²) in [6, 6.07) is 5.87. The van der Waals surface area contributed by atoms with Gasteiger partial charge in [-0.25, -0.2) is 9.98 Å². The van der Waals surface area contributed by atoms with Crippen molar-refractivity contribution < 1.29 is 0 Å². The van der Waals surface area contributed by atoms with Crippen molar-refractivity contribution in [2.45, 2.75) is 20.0 Å². The Morgan fingerprint density at radius 2 is 2.14 bits per heavy atom. The summed E-state index contributed by atoms with van der Waals surface area (Å²) in [5, 5.41) is 9.55. The van der Waals surface area contributed by atoms with Crippen molar-refractivity contribution in [3.05, 3.63) is 41.2 Å². The average molecular weight is 318 g/mol. The van der Waals surface area contributed by atoms with E-state index in [1.165, 1.54) is 0 Å². The van der Waals surface area contributed by atoms with Crippen molar-refractivity contribution in [1.82, 2.24) is 20.6 Å². The molecule has 0 fully saturated rings. The number of rotatable bonds is 6. The minimum atomic E-state index is 0.557. The van der Waals surface area contributed by atoms with Gasteiger partial charge in [0, 0.05) is 32.2 Å². The third-order valence-electron chi connectivity index (χ3n) is 2.83. The summed E-state index contributed by atoms with van der Waals surface area (Å²) in [7, 11) is 3.98. The molecule has 0 aliphatic rings. The molecule has 0 amide bonds. The minimum absolute atomic E-state index is 0.557. The smallest absolute Gasteiger partial charge is 0.191 e. The zero-order valence-electron chi connectivity index (χ0n) is 13.2. The average Bonchev–Trinajstić information content (AvgIpc) is 3.00. The second-order valence-corrected chi connectivity index (χ2v) is 5.72. The maximum atomic E-state index is 4.56. The largest absolute Gasteiger partial charge is 0.357 e. The van der Waals surface area contributed by atoms with E-state index >= 15 is 0 Å². The molecule has 22 heavy (non-hydrogen) atoms. The third kappa shape index (κ3) is 5.00. The lowest BCUT2D eigenvalue weighted by atomic mass is 10.3. The summed E-state index contributed by atoms with van der Waals surface area (Å²) in [5.74, 6) is 0.771. The molecule has 0 aliphatic carbocycles. The first-order chi connectivity index (χ1) is 10.7. The molecule has 0 radical (unpaired) electrons. The van der Waals surface area contributed by atoms with Gasteiger partial charge < -0.3 is 15.5 Å². The second kappa shape index (κ2) is 8.33. The highest BCUT2D eigenvalue weighted by Crippen LogP contribution is 2.18. The summed E-state index contributed by atoms with van der Waals surface area (Å²) in [6.45, 7) is 4.06. The number of guanidine groups is 1. The van der Waals surface area contributed by atoms with Gasteiger partial charge in [0.25, 0.3) is 0 Å². The van der Waals surface area contributed by atoms with Gasteiger partial charge in [-0.1, -0.05) is 6.07 Å². The number of anilines is 1. The lowest BCUT2D eigenvalue weighted by molar-refractivity contribution is 0.797. The zero-order valence-corrected chi connectivity index (χ0v) is 14.0. The molecule has 0 saturated heterocycles. The highest BCUT2D eigenvalue weighted by atomic mass is 32.1. The van der Waals surface area contributed by atoms with E-state index in [9.17, 15) is 0 Å². The quantitative estimate of drug-likeness (QED) is 0.629. The zero-order chi connectivity index (χ0) is 15.8. The Morgan fingerprint density at radius 1 is 1.27 bits per heavy atom. The van der Waals surface area contributed by atoms with Crippen LogP contribution in [0.15, 0.2) is 34.8 Å². The van der Waals surface area contributed by atoms with Crippen LogP contribution in [0.25, 0.3) is 0 Å². The van der Waals surface area contributed by atoms with E-state index in [1.54, 1.807) is 17.5 Å². The summed E-state index contributed by atoms with van der Waals surface area (Å²) < 4.78 is 0. The number of thiazole rings is 1. The molecule has 2 aromatic heterocycles. The van der Waals surface area contributed by atoms with E-state index in [-0.39, 0.29) is 0 Å². The molecule has 0 saturated carbocycles. The fourth-order valence-corrected chi connectivity index (χ4v) is 2.50. The molecule has 0 atom stereocenters. The van der Waals surface area contributed by atoms with Gasteiger partial charge in [-0.05, 0) is 19.1 Å². The standard InChI is InChI=1S/C15H22N6S/c1-4-16-14(18-9-12-7-5-6-8-17-12)19-10-13-11-22-15(20-13)21(2)3/h5-8,11H,4,9-10H2,1-3H3,(H2,16,18,19). The Hall–Kier alpha value is -2.15. The molecule has 2 heterocycles. The Kier molecular flexibility index (Phi) is 6.14. The monoisotopic (exact) mass is 318 g/mol. The van der Waals surface area contributed by atoms with E-state index < -0.39 is 0 Å². The molecule has 0 spiro atoms. The van der Waals surface area contributed by atoms with Crippen LogP contribution in [0.1, 0.15) is 18.3 Å². The number of hydrogen-bond acceptors (Lipinski definition) is 5. The molecule has 2 rings (SSSR count). The van der Waals surface area contributed by atoms with Crippen LogP contribution in [0.4, 0.5) is 5.13 Å². The van der Waals surface area contributed by atoms with Gasteiger partial charge in [0.05, 0.1) is 24.5 Å². The number of hydrogen-bond donors (Lipinski definition) is 2. The second-order valence-electron chi connectivity index (χ2n) is 4.89. The maximum Gasteiger partial charge on any atom is 0.191 e. The highest BCUT2D eigenvalue weighted by Gasteiger charge is 2.04. The molecule has 6 nitrogen and oxygen atoms in total. The van der Waals surface area contributed by atoms with Gasteiger partial charge in [0.1, 0.15) is 0 Å².